The topological polar surface area (TPSA) is 119 Å². The van der Waals surface area contributed by atoms with E-state index in [0.717, 1.165) is 5.56 Å². The summed E-state index contributed by atoms with van der Waals surface area (Å²) in [5.74, 6) is -0.186. The van der Waals surface area contributed by atoms with E-state index in [0.29, 0.717) is 23.6 Å². The van der Waals surface area contributed by atoms with E-state index in [1.54, 1.807) is 30.6 Å². The fourth-order valence-corrected chi connectivity index (χ4v) is 2.90. The van der Waals surface area contributed by atoms with Crippen LogP contribution in [0.5, 0.6) is 11.5 Å². The molecule has 0 fully saturated rings. The first kappa shape index (κ1) is 24.6. The third-order valence-electron chi connectivity index (χ3n) is 4.74. The molecule has 0 aliphatic carbocycles. The predicted molar refractivity (Wildman–Crippen MR) is 119 cm³/mol. The predicted octanol–water partition coefficient (Wildman–Crippen LogP) is 1.68. The van der Waals surface area contributed by atoms with Crippen LogP contribution in [-0.2, 0) is 16.1 Å². The zero-order valence-electron chi connectivity index (χ0n) is 18.8. The summed E-state index contributed by atoms with van der Waals surface area (Å²) in [5.41, 5.74) is 1.25. The number of rotatable bonds is 11. The SMILES string of the molecule is COc1cc(OC)cc(C(=O)NC(C(=O)NCCC(=O)NCc2ccncc2)C(C)C)c1. The lowest BCUT2D eigenvalue weighted by Crippen LogP contribution is -2.50. The molecule has 1 atom stereocenters. The van der Waals surface area contributed by atoms with Gasteiger partial charge in [-0.25, -0.2) is 0 Å². The van der Waals surface area contributed by atoms with Gasteiger partial charge in [0.15, 0.2) is 0 Å². The van der Waals surface area contributed by atoms with E-state index in [9.17, 15) is 14.4 Å². The number of carbonyl (C=O) groups excluding carboxylic acids is 3. The average Bonchev–Trinajstić information content (AvgIpc) is 2.80. The fourth-order valence-electron chi connectivity index (χ4n) is 2.90. The molecule has 2 rings (SSSR count). The summed E-state index contributed by atoms with van der Waals surface area (Å²) in [6.45, 7) is 4.22. The lowest BCUT2D eigenvalue weighted by molar-refractivity contribution is -0.124. The van der Waals surface area contributed by atoms with Gasteiger partial charge in [0.05, 0.1) is 14.2 Å². The monoisotopic (exact) mass is 442 g/mol. The van der Waals surface area contributed by atoms with Crippen molar-refractivity contribution in [1.82, 2.24) is 20.9 Å². The maximum Gasteiger partial charge on any atom is 0.252 e. The Balaban J connectivity index is 1.88. The highest BCUT2D eigenvalue weighted by atomic mass is 16.5. The number of benzene rings is 1. The number of hydrogen-bond acceptors (Lipinski definition) is 6. The van der Waals surface area contributed by atoms with Crippen LogP contribution in [0.2, 0.25) is 0 Å². The van der Waals surface area contributed by atoms with E-state index in [2.05, 4.69) is 20.9 Å². The van der Waals surface area contributed by atoms with E-state index >= 15 is 0 Å². The van der Waals surface area contributed by atoms with Crippen LogP contribution in [0.3, 0.4) is 0 Å². The minimum Gasteiger partial charge on any atom is -0.497 e. The zero-order valence-corrected chi connectivity index (χ0v) is 18.8. The normalized spacial score (nSPS) is 11.4. The lowest BCUT2D eigenvalue weighted by Gasteiger charge is -2.22. The van der Waals surface area contributed by atoms with Crippen molar-refractivity contribution in [2.75, 3.05) is 20.8 Å². The van der Waals surface area contributed by atoms with E-state index in [-0.39, 0.29) is 30.7 Å². The molecule has 2 aromatic rings. The summed E-state index contributed by atoms with van der Waals surface area (Å²) in [7, 11) is 2.99. The summed E-state index contributed by atoms with van der Waals surface area (Å²) >= 11 is 0. The molecule has 9 heteroatoms. The zero-order chi connectivity index (χ0) is 23.5. The number of amides is 3. The maximum atomic E-state index is 12.7. The molecule has 1 aromatic carbocycles. The molecule has 172 valence electrons. The molecule has 0 saturated heterocycles. The molecule has 0 spiro atoms. The number of nitrogens with zero attached hydrogens (tertiary/aromatic N) is 1. The van der Waals surface area contributed by atoms with Crippen molar-refractivity contribution in [2.24, 2.45) is 5.92 Å². The Bertz CT molecular complexity index is 896. The van der Waals surface area contributed by atoms with Crippen LogP contribution in [-0.4, -0.2) is 49.5 Å². The number of methoxy groups -OCH3 is 2. The van der Waals surface area contributed by atoms with Crippen molar-refractivity contribution < 1.29 is 23.9 Å². The van der Waals surface area contributed by atoms with Gasteiger partial charge in [0.2, 0.25) is 11.8 Å². The molecule has 1 heterocycles. The van der Waals surface area contributed by atoms with Crippen molar-refractivity contribution in [2.45, 2.75) is 32.9 Å². The molecular formula is C23H30N4O5. The first-order valence-electron chi connectivity index (χ1n) is 10.3. The van der Waals surface area contributed by atoms with Gasteiger partial charge in [-0.15, -0.1) is 0 Å². The molecule has 32 heavy (non-hydrogen) atoms. The highest BCUT2D eigenvalue weighted by Crippen LogP contribution is 2.22. The Morgan fingerprint density at radius 2 is 1.59 bits per heavy atom. The third-order valence-corrected chi connectivity index (χ3v) is 4.74. The second-order valence-electron chi connectivity index (χ2n) is 7.47. The molecule has 1 aromatic heterocycles. The van der Waals surface area contributed by atoms with Crippen LogP contribution >= 0.6 is 0 Å². The van der Waals surface area contributed by atoms with Crippen LogP contribution in [0.4, 0.5) is 0 Å². The second-order valence-corrected chi connectivity index (χ2v) is 7.47. The molecule has 0 saturated carbocycles. The van der Waals surface area contributed by atoms with Crippen LogP contribution in [0, 0.1) is 5.92 Å². The Hall–Kier alpha value is -3.62. The number of aromatic nitrogens is 1. The van der Waals surface area contributed by atoms with Crippen molar-refractivity contribution in [1.29, 1.82) is 0 Å². The van der Waals surface area contributed by atoms with E-state index < -0.39 is 11.9 Å². The van der Waals surface area contributed by atoms with Gasteiger partial charge in [0, 0.05) is 43.5 Å². The van der Waals surface area contributed by atoms with Crippen molar-refractivity contribution >= 4 is 17.7 Å². The number of pyridine rings is 1. The number of carbonyl (C=O) groups is 3. The minimum atomic E-state index is -0.764. The van der Waals surface area contributed by atoms with Crippen molar-refractivity contribution in [3.63, 3.8) is 0 Å². The van der Waals surface area contributed by atoms with Gasteiger partial charge < -0.3 is 25.4 Å². The van der Waals surface area contributed by atoms with Crippen LogP contribution in [0.25, 0.3) is 0 Å². The second kappa shape index (κ2) is 12.3. The number of nitrogens with one attached hydrogen (secondary N) is 3. The summed E-state index contributed by atoms with van der Waals surface area (Å²) in [6.07, 6.45) is 3.44. The van der Waals surface area contributed by atoms with E-state index in [1.807, 2.05) is 26.0 Å². The fraction of sp³-hybridized carbons (Fsp3) is 0.391. The summed E-state index contributed by atoms with van der Waals surface area (Å²) in [5, 5.41) is 8.26. The Morgan fingerprint density at radius 3 is 2.16 bits per heavy atom. The molecule has 0 aliphatic rings. The molecular weight excluding hydrogens is 412 g/mol. The Labute approximate surface area is 187 Å². The van der Waals surface area contributed by atoms with Gasteiger partial charge >= 0.3 is 0 Å². The number of hydrogen-bond donors (Lipinski definition) is 3. The highest BCUT2D eigenvalue weighted by molar-refractivity contribution is 5.98. The van der Waals surface area contributed by atoms with Crippen LogP contribution < -0.4 is 25.4 Å². The van der Waals surface area contributed by atoms with Gasteiger partial charge in [0.25, 0.3) is 5.91 Å². The van der Waals surface area contributed by atoms with Gasteiger partial charge in [-0.05, 0) is 35.7 Å². The van der Waals surface area contributed by atoms with E-state index in [4.69, 9.17) is 9.47 Å². The summed E-state index contributed by atoms with van der Waals surface area (Å²) < 4.78 is 10.4. The molecule has 0 bridgehead atoms. The molecule has 9 nitrogen and oxygen atoms in total. The third kappa shape index (κ3) is 7.57. The first-order chi connectivity index (χ1) is 15.3. The summed E-state index contributed by atoms with van der Waals surface area (Å²) in [6, 6.07) is 7.66. The van der Waals surface area contributed by atoms with E-state index in [1.165, 1.54) is 14.2 Å². The minimum absolute atomic E-state index is 0.128. The van der Waals surface area contributed by atoms with Crippen molar-refractivity contribution in [3.8, 4) is 11.5 Å². The molecule has 1 unspecified atom stereocenters. The van der Waals surface area contributed by atoms with Gasteiger partial charge in [-0.3, -0.25) is 19.4 Å². The average molecular weight is 443 g/mol. The van der Waals surface area contributed by atoms with Gasteiger partial charge in [-0.2, -0.15) is 0 Å². The highest BCUT2D eigenvalue weighted by Gasteiger charge is 2.25. The quantitative estimate of drug-likeness (QED) is 0.487. The molecule has 3 amide bonds. The lowest BCUT2D eigenvalue weighted by atomic mass is 10.0. The first-order valence-corrected chi connectivity index (χ1v) is 10.3. The number of ether oxygens (including phenoxy) is 2. The van der Waals surface area contributed by atoms with Crippen LogP contribution in [0.1, 0.15) is 36.2 Å². The summed E-state index contributed by atoms with van der Waals surface area (Å²) in [4.78, 5) is 41.3. The largest absolute Gasteiger partial charge is 0.497 e. The molecule has 3 N–H and O–H groups in total. The molecule has 0 aliphatic heterocycles. The Morgan fingerprint density at radius 1 is 0.969 bits per heavy atom. The maximum absolute atomic E-state index is 12.7. The standard InChI is InChI=1S/C23H30N4O5/c1-15(2)21(27-22(29)17-11-18(31-3)13-19(12-17)32-4)23(30)25-10-7-20(28)26-14-16-5-8-24-9-6-16/h5-6,8-9,11-13,15,21H,7,10,14H2,1-4H3,(H,25,30)(H,26,28)(H,27,29). The Kier molecular flexibility index (Phi) is 9.46. The van der Waals surface area contributed by atoms with Gasteiger partial charge in [-0.1, -0.05) is 13.8 Å². The van der Waals surface area contributed by atoms with Gasteiger partial charge in [0.1, 0.15) is 17.5 Å². The van der Waals surface area contributed by atoms with Crippen LogP contribution in [0.15, 0.2) is 42.7 Å². The van der Waals surface area contributed by atoms with Crippen molar-refractivity contribution in [3.05, 3.63) is 53.9 Å². The molecule has 0 radical (unpaired) electrons. The smallest absolute Gasteiger partial charge is 0.252 e.